The predicted octanol–water partition coefficient (Wildman–Crippen LogP) is 4.77. The maximum Gasteiger partial charge on any atom is 0.246 e. The summed E-state index contributed by atoms with van der Waals surface area (Å²) in [6, 6.07) is 15.2. The number of benzene rings is 2. The fourth-order valence-electron chi connectivity index (χ4n) is 3.50. The first-order chi connectivity index (χ1) is 13.5. The third kappa shape index (κ3) is 4.53. The van der Waals surface area contributed by atoms with Crippen molar-refractivity contribution in [1.82, 2.24) is 0 Å². The Morgan fingerprint density at radius 2 is 1.93 bits per heavy atom. The van der Waals surface area contributed by atoms with Crippen LogP contribution in [0.5, 0.6) is 0 Å². The SMILES string of the molecule is CCC(C)c1ccccc1NC(=O)C(C)Nc1cccc(N2CCCC2=O)c1. The van der Waals surface area contributed by atoms with E-state index in [0.29, 0.717) is 12.3 Å². The van der Waals surface area contributed by atoms with Crippen LogP contribution in [0.25, 0.3) is 0 Å². The van der Waals surface area contributed by atoms with Crippen molar-refractivity contribution in [3.8, 4) is 0 Å². The van der Waals surface area contributed by atoms with Crippen LogP contribution in [0.2, 0.25) is 0 Å². The van der Waals surface area contributed by atoms with Gasteiger partial charge in [0.2, 0.25) is 11.8 Å². The maximum absolute atomic E-state index is 12.7. The van der Waals surface area contributed by atoms with Crippen LogP contribution in [0.1, 0.15) is 51.5 Å². The van der Waals surface area contributed by atoms with Crippen molar-refractivity contribution >= 4 is 28.9 Å². The second kappa shape index (κ2) is 8.91. The average molecular weight is 380 g/mol. The highest BCUT2D eigenvalue weighted by molar-refractivity contribution is 5.98. The van der Waals surface area contributed by atoms with E-state index in [4.69, 9.17) is 0 Å². The summed E-state index contributed by atoms with van der Waals surface area (Å²) in [6.45, 7) is 6.91. The molecule has 28 heavy (non-hydrogen) atoms. The summed E-state index contributed by atoms with van der Waals surface area (Å²) >= 11 is 0. The second-order valence-corrected chi connectivity index (χ2v) is 7.45. The van der Waals surface area contributed by atoms with Crippen LogP contribution in [0.3, 0.4) is 0 Å². The molecule has 0 radical (unpaired) electrons. The van der Waals surface area contributed by atoms with Gasteiger partial charge in [-0.2, -0.15) is 0 Å². The molecule has 2 N–H and O–H groups in total. The molecular formula is C23H29N3O2. The van der Waals surface area contributed by atoms with Gasteiger partial charge in [0.05, 0.1) is 0 Å². The topological polar surface area (TPSA) is 61.4 Å². The Labute approximate surface area is 167 Å². The quantitative estimate of drug-likeness (QED) is 0.729. The lowest BCUT2D eigenvalue weighted by Crippen LogP contribution is -2.32. The van der Waals surface area contributed by atoms with Crippen LogP contribution in [-0.2, 0) is 9.59 Å². The summed E-state index contributed by atoms with van der Waals surface area (Å²) < 4.78 is 0. The Hall–Kier alpha value is -2.82. The van der Waals surface area contributed by atoms with Crippen LogP contribution in [0, 0.1) is 0 Å². The van der Waals surface area contributed by atoms with Crippen molar-refractivity contribution < 1.29 is 9.59 Å². The molecule has 148 valence electrons. The smallest absolute Gasteiger partial charge is 0.246 e. The van der Waals surface area contributed by atoms with Crippen LogP contribution in [0.15, 0.2) is 48.5 Å². The molecule has 1 heterocycles. The lowest BCUT2D eigenvalue weighted by molar-refractivity contribution is -0.117. The van der Waals surface area contributed by atoms with Crippen molar-refractivity contribution in [1.29, 1.82) is 0 Å². The molecule has 0 spiro atoms. The first-order valence-corrected chi connectivity index (χ1v) is 10.1. The molecule has 2 atom stereocenters. The maximum atomic E-state index is 12.7. The molecule has 1 saturated heterocycles. The van der Waals surface area contributed by atoms with Crippen molar-refractivity contribution in [2.24, 2.45) is 0 Å². The minimum absolute atomic E-state index is 0.0848. The molecule has 0 saturated carbocycles. The number of hydrogen-bond acceptors (Lipinski definition) is 3. The van der Waals surface area contributed by atoms with Crippen LogP contribution in [0.4, 0.5) is 17.1 Å². The molecule has 0 bridgehead atoms. The molecule has 3 rings (SSSR count). The lowest BCUT2D eigenvalue weighted by atomic mass is 9.97. The van der Waals surface area contributed by atoms with Crippen LogP contribution >= 0.6 is 0 Å². The van der Waals surface area contributed by atoms with Gasteiger partial charge in [-0.15, -0.1) is 0 Å². The summed E-state index contributed by atoms with van der Waals surface area (Å²) in [5, 5.41) is 6.31. The monoisotopic (exact) mass is 379 g/mol. The third-order valence-electron chi connectivity index (χ3n) is 5.37. The number of nitrogens with one attached hydrogen (secondary N) is 2. The van der Waals surface area contributed by atoms with Gasteiger partial charge in [0.25, 0.3) is 0 Å². The number of amides is 2. The van der Waals surface area contributed by atoms with Gasteiger partial charge in [-0.05, 0) is 55.5 Å². The highest BCUT2D eigenvalue weighted by Crippen LogP contribution is 2.27. The Morgan fingerprint density at radius 1 is 1.14 bits per heavy atom. The van der Waals surface area contributed by atoms with E-state index in [9.17, 15) is 9.59 Å². The van der Waals surface area contributed by atoms with Crippen molar-refractivity contribution in [2.75, 3.05) is 22.1 Å². The van der Waals surface area contributed by atoms with Gasteiger partial charge < -0.3 is 15.5 Å². The normalized spacial score (nSPS) is 16.0. The van der Waals surface area contributed by atoms with E-state index >= 15 is 0 Å². The first-order valence-electron chi connectivity index (χ1n) is 10.1. The van der Waals surface area contributed by atoms with Gasteiger partial charge >= 0.3 is 0 Å². The minimum Gasteiger partial charge on any atom is -0.374 e. The molecule has 2 unspecified atom stereocenters. The molecule has 1 aliphatic heterocycles. The second-order valence-electron chi connectivity index (χ2n) is 7.45. The van der Waals surface area contributed by atoms with Crippen molar-refractivity contribution in [3.63, 3.8) is 0 Å². The fourth-order valence-corrected chi connectivity index (χ4v) is 3.50. The highest BCUT2D eigenvalue weighted by Gasteiger charge is 2.22. The number of carbonyl (C=O) groups excluding carboxylic acids is 2. The zero-order valence-corrected chi connectivity index (χ0v) is 16.9. The largest absolute Gasteiger partial charge is 0.374 e. The van der Waals surface area contributed by atoms with Crippen molar-refractivity contribution in [2.45, 2.75) is 52.0 Å². The van der Waals surface area contributed by atoms with E-state index in [1.807, 2.05) is 49.4 Å². The van der Waals surface area contributed by atoms with Gasteiger partial charge in [-0.3, -0.25) is 9.59 Å². The Kier molecular flexibility index (Phi) is 6.34. The van der Waals surface area contributed by atoms with E-state index < -0.39 is 6.04 Å². The van der Waals surface area contributed by atoms with Gasteiger partial charge in [-0.1, -0.05) is 38.1 Å². The summed E-state index contributed by atoms with van der Waals surface area (Å²) in [5.41, 5.74) is 3.73. The minimum atomic E-state index is -0.408. The molecule has 5 nitrogen and oxygen atoms in total. The molecule has 2 aromatic carbocycles. The fraction of sp³-hybridized carbons (Fsp3) is 0.391. The van der Waals surface area contributed by atoms with Crippen LogP contribution < -0.4 is 15.5 Å². The zero-order chi connectivity index (χ0) is 20.1. The van der Waals surface area contributed by atoms with Crippen LogP contribution in [-0.4, -0.2) is 24.4 Å². The van der Waals surface area contributed by atoms with E-state index in [2.05, 4.69) is 30.5 Å². The number of rotatable bonds is 7. The molecule has 2 amide bonds. The number of hydrogen-bond donors (Lipinski definition) is 2. The predicted molar refractivity (Wildman–Crippen MR) is 115 cm³/mol. The lowest BCUT2D eigenvalue weighted by Gasteiger charge is -2.20. The Balaban J connectivity index is 1.68. The first kappa shape index (κ1) is 19.9. The summed E-state index contributed by atoms with van der Waals surface area (Å²) in [4.78, 5) is 26.5. The highest BCUT2D eigenvalue weighted by atomic mass is 16.2. The molecule has 0 aliphatic carbocycles. The van der Waals surface area contributed by atoms with Gasteiger partial charge in [0.1, 0.15) is 6.04 Å². The van der Waals surface area contributed by atoms with E-state index in [1.54, 1.807) is 4.90 Å². The van der Waals surface area contributed by atoms with E-state index in [-0.39, 0.29) is 11.8 Å². The number of nitrogens with zero attached hydrogens (tertiary/aromatic N) is 1. The van der Waals surface area contributed by atoms with Gasteiger partial charge in [0, 0.05) is 30.0 Å². The summed E-state index contributed by atoms with van der Waals surface area (Å²) in [5.74, 6) is 0.456. The molecular weight excluding hydrogens is 350 g/mol. The standard InChI is InChI=1S/C23H29N3O2/c1-4-16(2)20-11-5-6-12-21(20)25-23(28)17(3)24-18-9-7-10-19(15-18)26-14-8-13-22(26)27/h5-7,9-12,15-17,24H,4,8,13-14H2,1-3H3,(H,25,28). The van der Waals surface area contributed by atoms with Gasteiger partial charge in [0.15, 0.2) is 0 Å². The molecule has 2 aromatic rings. The van der Waals surface area contributed by atoms with Crippen molar-refractivity contribution in [3.05, 3.63) is 54.1 Å². The summed E-state index contributed by atoms with van der Waals surface area (Å²) in [7, 11) is 0. The van der Waals surface area contributed by atoms with E-state index in [0.717, 1.165) is 42.0 Å². The average Bonchev–Trinajstić information content (AvgIpc) is 3.14. The molecule has 1 fully saturated rings. The van der Waals surface area contributed by atoms with E-state index in [1.165, 1.54) is 0 Å². The summed E-state index contributed by atoms with van der Waals surface area (Å²) in [6.07, 6.45) is 2.51. The Morgan fingerprint density at radius 3 is 2.64 bits per heavy atom. The molecule has 1 aliphatic rings. The number of para-hydroxylation sites is 1. The third-order valence-corrected chi connectivity index (χ3v) is 5.37. The zero-order valence-electron chi connectivity index (χ0n) is 16.9. The molecule has 0 aromatic heterocycles. The number of anilines is 3. The van der Waals surface area contributed by atoms with Gasteiger partial charge in [-0.25, -0.2) is 0 Å². The Bertz CT molecular complexity index is 849. The molecule has 5 heteroatoms. The number of carbonyl (C=O) groups is 2.